The molecule has 2 bridgehead atoms. The lowest BCUT2D eigenvalue weighted by molar-refractivity contribution is -0.0891. The van der Waals surface area contributed by atoms with Gasteiger partial charge in [-0.05, 0) is 30.9 Å². The average Bonchev–Trinajstić information content (AvgIpc) is 3.17. The van der Waals surface area contributed by atoms with Gasteiger partial charge in [0.25, 0.3) is 0 Å². The molecule has 3 aromatic rings. The van der Waals surface area contributed by atoms with Crippen LogP contribution < -0.4 is 0 Å². The first-order valence-corrected chi connectivity index (χ1v) is 10.3. The van der Waals surface area contributed by atoms with Gasteiger partial charge in [0.15, 0.2) is 0 Å². The Morgan fingerprint density at radius 2 is 1.76 bits per heavy atom. The number of hydrogen-bond acceptors (Lipinski definition) is 4. The maximum absolute atomic E-state index is 12.9. The zero-order valence-corrected chi connectivity index (χ0v) is 16.3. The third kappa shape index (κ3) is 3.29. The van der Waals surface area contributed by atoms with E-state index in [4.69, 9.17) is 9.15 Å². The number of benzene rings is 2. The highest BCUT2D eigenvalue weighted by Gasteiger charge is 2.49. The topological polar surface area (TPSA) is 62.9 Å². The molecule has 1 aromatic heterocycles. The van der Waals surface area contributed by atoms with Gasteiger partial charge in [-0.25, -0.2) is 4.79 Å². The molecule has 150 valence electrons. The van der Waals surface area contributed by atoms with Crippen molar-refractivity contribution in [3.8, 4) is 0 Å². The maximum Gasteiger partial charge on any atom is 0.410 e. The SMILES string of the molecule is O=C(OCc1ccccc1)N1C2CCCC1CC(O)(c1coc3ccccc13)C2. The number of fused-ring (bicyclic) bond motifs is 3. The first-order valence-electron chi connectivity index (χ1n) is 10.3. The molecule has 1 amide bonds. The fraction of sp³-hybridized carbons (Fsp3) is 0.375. The Labute approximate surface area is 169 Å². The first-order chi connectivity index (χ1) is 14.1. The predicted octanol–water partition coefficient (Wildman–Crippen LogP) is 4.97. The van der Waals surface area contributed by atoms with E-state index < -0.39 is 5.60 Å². The van der Waals surface area contributed by atoms with Crippen molar-refractivity contribution >= 4 is 17.1 Å². The smallest absolute Gasteiger partial charge is 0.410 e. The molecule has 29 heavy (non-hydrogen) atoms. The fourth-order valence-corrected chi connectivity index (χ4v) is 5.08. The Balaban J connectivity index is 1.36. The normalized spacial score (nSPS) is 26.4. The van der Waals surface area contributed by atoms with Crippen LogP contribution in [0.3, 0.4) is 0 Å². The van der Waals surface area contributed by atoms with Crippen molar-refractivity contribution in [3.05, 3.63) is 72.0 Å². The second-order valence-corrected chi connectivity index (χ2v) is 8.27. The van der Waals surface area contributed by atoms with Gasteiger partial charge in [0, 0.05) is 35.9 Å². The van der Waals surface area contributed by atoms with E-state index >= 15 is 0 Å². The van der Waals surface area contributed by atoms with Crippen molar-refractivity contribution in [1.82, 2.24) is 4.90 Å². The monoisotopic (exact) mass is 391 g/mol. The van der Waals surface area contributed by atoms with Crippen LogP contribution in [-0.2, 0) is 16.9 Å². The molecule has 3 heterocycles. The zero-order chi connectivity index (χ0) is 19.8. The lowest BCUT2D eigenvalue weighted by Crippen LogP contribution is -2.58. The van der Waals surface area contributed by atoms with Crippen LogP contribution in [0.2, 0.25) is 0 Å². The Bertz CT molecular complexity index is 998. The summed E-state index contributed by atoms with van der Waals surface area (Å²) in [4.78, 5) is 14.8. The molecule has 0 aliphatic carbocycles. The summed E-state index contributed by atoms with van der Waals surface area (Å²) in [6.45, 7) is 0.270. The molecule has 0 spiro atoms. The Hall–Kier alpha value is -2.79. The van der Waals surface area contributed by atoms with E-state index in [0.29, 0.717) is 12.8 Å². The molecule has 5 heteroatoms. The number of piperidine rings is 2. The van der Waals surface area contributed by atoms with Crippen LogP contribution in [0.1, 0.15) is 43.2 Å². The molecular formula is C24H25NO4. The van der Waals surface area contributed by atoms with E-state index in [2.05, 4.69) is 0 Å². The summed E-state index contributed by atoms with van der Waals surface area (Å²) >= 11 is 0. The summed E-state index contributed by atoms with van der Waals surface area (Å²) in [6.07, 6.45) is 5.26. The number of furan rings is 1. The molecule has 0 radical (unpaired) electrons. The number of carbonyl (C=O) groups excluding carboxylic acids is 1. The van der Waals surface area contributed by atoms with Gasteiger partial charge in [-0.15, -0.1) is 0 Å². The number of amides is 1. The number of nitrogens with zero attached hydrogens (tertiary/aromatic N) is 1. The van der Waals surface area contributed by atoms with Crippen LogP contribution in [0.15, 0.2) is 65.3 Å². The second kappa shape index (κ2) is 7.23. The van der Waals surface area contributed by atoms with Gasteiger partial charge in [0.1, 0.15) is 12.2 Å². The number of hydrogen-bond donors (Lipinski definition) is 1. The van der Waals surface area contributed by atoms with Crippen molar-refractivity contribution in [1.29, 1.82) is 0 Å². The van der Waals surface area contributed by atoms with Gasteiger partial charge in [-0.3, -0.25) is 0 Å². The molecule has 2 aromatic carbocycles. The minimum Gasteiger partial charge on any atom is -0.464 e. The van der Waals surface area contributed by atoms with Gasteiger partial charge in [-0.1, -0.05) is 48.5 Å². The standard InChI is InChI=1S/C24H25NO4/c26-23(29-15-17-7-2-1-3-8-17)25-18-9-6-10-19(25)14-24(27,13-18)21-16-28-22-12-5-4-11-20(21)22/h1-5,7-8,11-12,16,18-19,27H,6,9-10,13-15H2. The van der Waals surface area contributed by atoms with E-state index in [-0.39, 0.29) is 24.8 Å². The van der Waals surface area contributed by atoms with Crippen molar-refractivity contribution in [3.63, 3.8) is 0 Å². The lowest BCUT2D eigenvalue weighted by Gasteiger charge is -2.51. The van der Waals surface area contributed by atoms with Crippen molar-refractivity contribution < 1.29 is 19.1 Å². The van der Waals surface area contributed by atoms with Gasteiger partial charge >= 0.3 is 6.09 Å². The molecule has 5 rings (SSSR count). The molecule has 5 nitrogen and oxygen atoms in total. The molecule has 2 aliphatic rings. The van der Waals surface area contributed by atoms with Gasteiger partial charge in [0.2, 0.25) is 0 Å². The van der Waals surface area contributed by atoms with E-state index in [1.165, 1.54) is 0 Å². The number of ether oxygens (including phenoxy) is 1. The molecule has 0 saturated carbocycles. The van der Waals surface area contributed by atoms with Crippen LogP contribution in [0.25, 0.3) is 11.0 Å². The van der Waals surface area contributed by atoms with Crippen LogP contribution in [0.4, 0.5) is 4.79 Å². The molecule has 2 aliphatic heterocycles. The zero-order valence-electron chi connectivity index (χ0n) is 16.3. The number of para-hydroxylation sites is 1. The Morgan fingerprint density at radius 1 is 1.07 bits per heavy atom. The Kier molecular flexibility index (Phi) is 4.55. The predicted molar refractivity (Wildman–Crippen MR) is 109 cm³/mol. The quantitative estimate of drug-likeness (QED) is 0.684. The van der Waals surface area contributed by atoms with Crippen molar-refractivity contribution in [2.75, 3.05) is 0 Å². The highest BCUT2D eigenvalue weighted by atomic mass is 16.6. The first kappa shape index (κ1) is 18.3. The van der Waals surface area contributed by atoms with Crippen LogP contribution in [0, 0.1) is 0 Å². The van der Waals surface area contributed by atoms with Crippen LogP contribution in [0.5, 0.6) is 0 Å². The molecule has 2 unspecified atom stereocenters. The summed E-state index contributed by atoms with van der Waals surface area (Å²) in [7, 11) is 0. The minimum atomic E-state index is -0.988. The van der Waals surface area contributed by atoms with E-state index in [0.717, 1.165) is 41.4 Å². The maximum atomic E-state index is 12.9. The highest BCUT2D eigenvalue weighted by molar-refractivity contribution is 5.82. The fourth-order valence-electron chi connectivity index (χ4n) is 5.08. The van der Waals surface area contributed by atoms with Crippen LogP contribution >= 0.6 is 0 Å². The molecule has 2 fully saturated rings. The van der Waals surface area contributed by atoms with Gasteiger partial charge < -0.3 is 19.2 Å². The number of carbonyl (C=O) groups is 1. The molecule has 2 atom stereocenters. The summed E-state index contributed by atoms with van der Waals surface area (Å²) in [5.74, 6) is 0. The molecule has 1 N–H and O–H groups in total. The summed E-state index contributed by atoms with van der Waals surface area (Å²) in [6, 6.07) is 17.5. The van der Waals surface area contributed by atoms with Gasteiger partial charge in [0.05, 0.1) is 11.9 Å². The van der Waals surface area contributed by atoms with E-state index in [1.54, 1.807) is 6.26 Å². The Morgan fingerprint density at radius 3 is 2.52 bits per heavy atom. The average molecular weight is 391 g/mol. The van der Waals surface area contributed by atoms with Crippen molar-refractivity contribution in [2.45, 2.75) is 56.4 Å². The summed E-state index contributed by atoms with van der Waals surface area (Å²) < 4.78 is 11.3. The molecule has 2 saturated heterocycles. The van der Waals surface area contributed by atoms with E-state index in [9.17, 15) is 9.90 Å². The number of rotatable bonds is 3. The largest absolute Gasteiger partial charge is 0.464 e. The lowest BCUT2D eigenvalue weighted by atomic mass is 9.72. The summed E-state index contributed by atoms with van der Waals surface area (Å²) in [5.41, 5.74) is 1.61. The van der Waals surface area contributed by atoms with Gasteiger partial charge in [-0.2, -0.15) is 0 Å². The van der Waals surface area contributed by atoms with Crippen LogP contribution in [-0.4, -0.2) is 28.2 Å². The molecular weight excluding hydrogens is 366 g/mol. The van der Waals surface area contributed by atoms with E-state index in [1.807, 2.05) is 59.5 Å². The van der Waals surface area contributed by atoms with Crippen molar-refractivity contribution in [2.24, 2.45) is 0 Å². The second-order valence-electron chi connectivity index (χ2n) is 8.27. The summed E-state index contributed by atoms with van der Waals surface area (Å²) in [5, 5.41) is 12.6. The number of aliphatic hydroxyl groups is 1. The minimum absolute atomic E-state index is 0.0237. The highest BCUT2D eigenvalue weighted by Crippen LogP contribution is 2.46. The third-order valence-electron chi connectivity index (χ3n) is 6.41. The third-order valence-corrected chi connectivity index (χ3v) is 6.41.